The second-order valence-corrected chi connectivity index (χ2v) is 42.8. The summed E-state index contributed by atoms with van der Waals surface area (Å²) in [5.74, 6) is 6.43. The molecule has 0 radical (unpaired) electrons. The lowest BCUT2D eigenvalue weighted by Crippen LogP contribution is -2.80. The van der Waals surface area contributed by atoms with Crippen molar-refractivity contribution in [3.05, 3.63) is 188 Å². The Morgan fingerprint density at radius 1 is 0.317 bits per heavy atom. The van der Waals surface area contributed by atoms with Gasteiger partial charge in [0.15, 0.2) is 0 Å². The zero-order valence-electron chi connectivity index (χ0n) is 67.9. The number of fused-ring (bicyclic) bond motifs is 29. The predicted octanol–water partition coefficient (Wildman–Crippen LogP) is 26.4. The topological polar surface area (TPSA) is 81.4 Å². The molecular formula is C98H118N6. The van der Waals surface area contributed by atoms with Gasteiger partial charge in [-0.1, -0.05) is 253 Å². The molecule has 5 fully saturated rings. The Labute approximate surface area is 623 Å². The Bertz CT molecular complexity index is 4810. The fraction of sp³-hybridized carbons (Fsp3) is 0.490. The number of aromatic nitrogens is 4. The molecule has 0 spiro atoms. The van der Waals surface area contributed by atoms with Crippen molar-refractivity contribution in [2.45, 2.75) is 261 Å². The van der Waals surface area contributed by atoms with Gasteiger partial charge in [-0.25, -0.2) is 9.97 Å². The van der Waals surface area contributed by atoms with E-state index < -0.39 is 0 Å². The Morgan fingerprint density at radius 3 is 0.865 bits per heavy atom. The van der Waals surface area contributed by atoms with E-state index in [4.69, 9.17) is 9.97 Å². The smallest absolute Gasteiger partial charge is 0.0994 e. The minimum absolute atomic E-state index is 0.133. The fourth-order valence-corrected chi connectivity index (χ4v) is 22.1. The first-order valence-corrected chi connectivity index (χ1v) is 39.9. The molecule has 9 aliphatic rings. The molecule has 6 aliphatic carbocycles. The molecule has 540 valence electrons. The highest BCUT2D eigenvalue weighted by Crippen LogP contribution is 2.94. The van der Waals surface area contributed by atoms with Gasteiger partial charge in [-0.3, -0.25) is 0 Å². The van der Waals surface area contributed by atoms with E-state index in [1.54, 1.807) is 11.1 Å². The van der Waals surface area contributed by atoms with Crippen molar-refractivity contribution in [1.29, 1.82) is 0 Å². The van der Waals surface area contributed by atoms with Crippen LogP contribution in [0.5, 0.6) is 0 Å². The van der Waals surface area contributed by atoms with Crippen LogP contribution in [0.2, 0.25) is 0 Å². The minimum atomic E-state index is -0.164. The summed E-state index contributed by atoms with van der Waals surface area (Å²) in [6, 6.07) is 44.3. The van der Waals surface area contributed by atoms with Crippen LogP contribution < -0.4 is 10.6 Å². The lowest BCUT2D eigenvalue weighted by molar-refractivity contribution is -0.361. The van der Waals surface area contributed by atoms with Crippen LogP contribution in [0.3, 0.4) is 0 Å². The third-order valence-corrected chi connectivity index (χ3v) is 28.0. The van der Waals surface area contributed by atoms with Gasteiger partial charge >= 0.3 is 0 Å². The fourth-order valence-electron chi connectivity index (χ4n) is 22.1. The average molecular weight is 1380 g/mol. The van der Waals surface area contributed by atoms with E-state index in [0.717, 1.165) is 148 Å². The van der Waals surface area contributed by atoms with Gasteiger partial charge in [-0.15, -0.1) is 0 Å². The van der Waals surface area contributed by atoms with Crippen molar-refractivity contribution in [2.75, 3.05) is 10.6 Å². The molecule has 6 heterocycles. The Morgan fingerprint density at radius 2 is 0.587 bits per heavy atom. The summed E-state index contributed by atoms with van der Waals surface area (Å²) in [6.45, 7) is 62.2. The van der Waals surface area contributed by atoms with Crippen molar-refractivity contribution in [3.8, 4) is 44.5 Å². The molecule has 3 aliphatic heterocycles. The van der Waals surface area contributed by atoms with Gasteiger partial charge in [-0.2, -0.15) is 0 Å². The summed E-state index contributed by atoms with van der Waals surface area (Å²) in [5, 5.41) is 8.81. The monoisotopic (exact) mass is 1380 g/mol. The van der Waals surface area contributed by atoms with Crippen molar-refractivity contribution in [3.63, 3.8) is 0 Å². The third kappa shape index (κ3) is 10.4. The van der Waals surface area contributed by atoms with Gasteiger partial charge in [-0.05, 0) is 254 Å². The first-order chi connectivity index (χ1) is 48.3. The molecule has 5 aromatic carbocycles. The largest absolute Gasteiger partial charge is 0.354 e. The number of aromatic amines is 2. The van der Waals surface area contributed by atoms with E-state index in [0.29, 0.717) is 22.7 Å². The van der Waals surface area contributed by atoms with Gasteiger partial charge < -0.3 is 20.6 Å². The molecule has 17 rings (SSSR count). The van der Waals surface area contributed by atoms with Crippen LogP contribution >= 0.6 is 0 Å². The molecule has 12 bridgehead atoms. The molecule has 3 aromatic heterocycles. The SMILES string of the molecule is CC(C)(C)c1cc(-c2c3nc(c(-c4cc(C(C)(C)C)cc(C(C)(C)C)c4)c4ccc([nH]4)c(-c4cc(C(C)(C)C)cc(C(C)(C)C)c4)c4nc(c(-c5cc(C(C)(C)C)cc(C(C)(C)C)c5)c5ccc2[nH]5)C2=C4Nc4cc5c(cc4N2)[C@H]2C[C@@H]5C4C2[C@]2(C)C5C([C@H]6CC[C@@H]5C6)[C@]42C)C=C3)cc(C(C)(C)C)c1. The van der Waals surface area contributed by atoms with Crippen LogP contribution in [0, 0.1) is 46.3 Å². The number of benzene rings is 5. The maximum Gasteiger partial charge on any atom is 0.0994 e. The lowest BCUT2D eigenvalue weighted by atomic mass is 9.20. The summed E-state index contributed by atoms with van der Waals surface area (Å²) < 4.78 is 0. The third-order valence-electron chi connectivity index (χ3n) is 28.0. The Hall–Kier alpha value is -7.70. The van der Waals surface area contributed by atoms with Crippen molar-refractivity contribution in [2.24, 2.45) is 46.3 Å². The number of anilines is 2. The van der Waals surface area contributed by atoms with Gasteiger partial charge in [0.25, 0.3) is 0 Å². The number of nitrogens with zero attached hydrogens (tertiary/aromatic N) is 2. The highest BCUT2D eigenvalue weighted by Gasteiger charge is 2.88. The zero-order chi connectivity index (χ0) is 74.2. The second kappa shape index (κ2) is 22.0. The minimum Gasteiger partial charge on any atom is -0.354 e. The van der Waals surface area contributed by atoms with Crippen LogP contribution in [0.15, 0.2) is 109 Å². The summed E-state index contributed by atoms with van der Waals surface area (Å²) >= 11 is 0. The first-order valence-electron chi connectivity index (χ1n) is 39.9. The Balaban J connectivity index is 1.03. The lowest BCUT2D eigenvalue weighted by Gasteiger charge is -2.84. The molecule has 104 heavy (non-hydrogen) atoms. The highest BCUT2D eigenvalue weighted by molar-refractivity contribution is 6.13. The van der Waals surface area contributed by atoms with E-state index in [9.17, 15) is 0 Å². The number of H-pyrrole nitrogens is 2. The zero-order valence-corrected chi connectivity index (χ0v) is 67.9. The maximum absolute atomic E-state index is 6.46. The molecule has 0 amide bonds. The van der Waals surface area contributed by atoms with Crippen LogP contribution in [-0.2, 0) is 43.3 Å². The van der Waals surface area contributed by atoms with E-state index >= 15 is 0 Å². The van der Waals surface area contributed by atoms with Crippen molar-refractivity contribution in [1.82, 2.24) is 19.9 Å². The molecule has 4 N–H and O–H groups in total. The van der Waals surface area contributed by atoms with E-state index in [1.807, 2.05) is 0 Å². The second-order valence-electron chi connectivity index (χ2n) is 42.8. The molecule has 10 atom stereocenters. The molecule has 6 heteroatoms. The van der Waals surface area contributed by atoms with Crippen LogP contribution in [0.1, 0.15) is 296 Å². The summed E-state index contributed by atoms with van der Waals surface area (Å²) in [4.78, 5) is 21.1. The Kier molecular flexibility index (Phi) is 14.7. The molecule has 4 unspecified atom stereocenters. The van der Waals surface area contributed by atoms with Crippen molar-refractivity contribution >= 4 is 57.0 Å². The first kappa shape index (κ1) is 69.4. The highest BCUT2D eigenvalue weighted by atomic mass is 15.1. The predicted molar refractivity (Wildman–Crippen MR) is 443 cm³/mol. The molecule has 5 saturated carbocycles. The van der Waals surface area contributed by atoms with Crippen molar-refractivity contribution < 1.29 is 0 Å². The van der Waals surface area contributed by atoms with Crippen LogP contribution in [0.4, 0.5) is 11.4 Å². The molecule has 0 saturated heterocycles. The number of hydrogen-bond donors (Lipinski definition) is 4. The molecular weight excluding hydrogens is 1260 g/mol. The summed E-state index contributed by atoms with van der Waals surface area (Å²) in [7, 11) is 0. The average Bonchev–Trinajstić information content (AvgIpc) is 1.37. The number of nitrogens with one attached hydrogen (secondary N) is 4. The van der Waals surface area contributed by atoms with Gasteiger partial charge in [0.2, 0.25) is 0 Å². The van der Waals surface area contributed by atoms with E-state index in [-0.39, 0.29) is 43.3 Å². The summed E-state index contributed by atoms with van der Waals surface area (Å²) in [5.41, 5.74) is 34.0. The maximum atomic E-state index is 6.46. The van der Waals surface area contributed by atoms with Crippen LogP contribution in [0.25, 0.3) is 90.1 Å². The van der Waals surface area contributed by atoms with Gasteiger partial charge in [0, 0.05) is 44.3 Å². The number of hydrogen-bond acceptors (Lipinski definition) is 4. The van der Waals surface area contributed by atoms with Gasteiger partial charge in [0.1, 0.15) is 0 Å². The normalized spacial score (nSPS) is 25.2. The standard InChI is InChI=1S/C98H118N6/c1-89(2,3)57-36-53(37-58(44-57)90(4,5)6)77-69-29-30-70(99-69)78(54-38-59(91(7,8)9)45-60(39-54)92(10,11)12)72-32-34-74(101-72)80(56-42-63(95(19,20)21)47-64(43-56)96(22,23)24)86-88-87(85(104-86)79(73-33-31-71(77)100-73)55-40-61(93(13,14)15)46-62(41-55)94(16,17)18)102-75-49-65-66(50-76(75)103-88)68-48-67(65)83-84(68)98(26)82-52-28-27-51(35-52)81(82)97(83,98)25/h29-34,36-47,49-52,67-68,81-84,100-103H,27-28,35,48H2,1-26H3/t51-,52+,67-,68+,81?,82?,83?,84?,97+,98-. The molecule has 6 nitrogen and oxygen atoms in total. The molecule has 8 aromatic rings. The summed E-state index contributed by atoms with van der Waals surface area (Å²) in [6.07, 6.45) is 10.3. The van der Waals surface area contributed by atoms with E-state index in [2.05, 4.69) is 322 Å². The van der Waals surface area contributed by atoms with E-state index in [1.165, 1.54) is 70.2 Å². The van der Waals surface area contributed by atoms with Gasteiger partial charge in [0.05, 0.1) is 45.5 Å². The number of rotatable bonds is 4. The quantitative estimate of drug-likeness (QED) is 0.132. The van der Waals surface area contributed by atoms with Crippen LogP contribution in [-0.4, -0.2) is 19.9 Å².